The second-order valence-electron chi connectivity index (χ2n) is 3.55. The minimum absolute atomic E-state index is 0.299. The van der Waals surface area contributed by atoms with E-state index in [2.05, 4.69) is 0 Å². The fourth-order valence-corrected chi connectivity index (χ4v) is 2.60. The lowest BCUT2D eigenvalue weighted by Gasteiger charge is -2.09. The molecule has 0 saturated carbocycles. The van der Waals surface area contributed by atoms with Gasteiger partial charge in [0.25, 0.3) is 0 Å². The van der Waals surface area contributed by atoms with Crippen LogP contribution in [0, 0.1) is 0 Å². The van der Waals surface area contributed by atoms with Crippen LogP contribution in [0.1, 0.15) is 10.4 Å². The van der Waals surface area contributed by atoms with E-state index in [0.717, 1.165) is 10.6 Å². The van der Waals surface area contributed by atoms with Crippen LogP contribution in [0.4, 0.5) is 0 Å². The zero-order valence-corrected chi connectivity index (χ0v) is 10.6. The van der Waals surface area contributed by atoms with Crippen LogP contribution in [0.25, 0.3) is 0 Å². The van der Waals surface area contributed by atoms with Crippen molar-refractivity contribution < 1.29 is 14.6 Å². The van der Waals surface area contributed by atoms with Crippen molar-refractivity contribution in [2.24, 2.45) is 0 Å². The van der Waals surface area contributed by atoms with Crippen LogP contribution in [-0.4, -0.2) is 18.2 Å². The van der Waals surface area contributed by atoms with Crippen molar-refractivity contribution in [1.29, 1.82) is 0 Å². The molecule has 0 fully saturated rings. The first-order valence-electron chi connectivity index (χ1n) is 5.35. The molecule has 0 aliphatic rings. The third-order valence-corrected chi connectivity index (χ3v) is 3.54. The smallest absolute Gasteiger partial charge is 0.336 e. The van der Waals surface area contributed by atoms with Gasteiger partial charge in [-0.3, -0.25) is 0 Å². The van der Waals surface area contributed by atoms with Crippen molar-refractivity contribution in [3.05, 3.63) is 54.1 Å². The van der Waals surface area contributed by atoms with E-state index in [1.807, 2.05) is 30.3 Å². The van der Waals surface area contributed by atoms with Crippen molar-refractivity contribution in [3.63, 3.8) is 0 Å². The van der Waals surface area contributed by atoms with E-state index >= 15 is 0 Å². The Morgan fingerprint density at radius 1 is 1.06 bits per heavy atom. The molecule has 0 atom stereocenters. The number of benzene rings is 2. The topological polar surface area (TPSA) is 46.5 Å². The van der Waals surface area contributed by atoms with E-state index in [1.54, 1.807) is 25.3 Å². The number of methoxy groups -OCH3 is 1. The normalized spacial score (nSPS) is 10.1. The first-order valence-corrected chi connectivity index (χ1v) is 6.17. The Balaban J connectivity index is 2.37. The van der Waals surface area contributed by atoms with Crippen LogP contribution in [0.3, 0.4) is 0 Å². The summed E-state index contributed by atoms with van der Waals surface area (Å²) < 4.78 is 5.25. The first-order chi connectivity index (χ1) is 8.72. The largest absolute Gasteiger partial charge is 0.496 e. The average molecular weight is 260 g/mol. The summed E-state index contributed by atoms with van der Waals surface area (Å²) in [5.74, 6) is -0.185. The molecule has 1 N–H and O–H groups in total. The van der Waals surface area contributed by atoms with Gasteiger partial charge in [-0.2, -0.15) is 0 Å². The van der Waals surface area contributed by atoms with Crippen LogP contribution in [-0.2, 0) is 0 Å². The molecule has 0 spiro atoms. The van der Waals surface area contributed by atoms with Gasteiger partial charge in [-0.05, 0) is 24.3 Å². The highest BCUT2D eigenvalue weighted by Crippen LogP contribution is 2.36. The number of hydrogen-bond donors (Lipinski definition) is 1. The number of aromatic carboxylic acids is 1. The zero-order chi connectivity index (χ0) is 13.0. The summed E-state index contributed by atoms with van der Waals surface area (Å²) in [6.07, 6.45) is 0. The van der Waals surface area contributed by atoms with Gasteiger partial charge in [0.2, 0.25) is 0 Å². The number of carboxylic acid groups (broad SMARTS) is 1. The van der Waals surface area contributed by atoms with Gasteiger partial charge in [-0.15, -0.1) is 0 Å². The summed E-state index contributed by atoms with van der Waals surface area (Å²) in [4.78, 5) is 12.7. The van der Waals surface area contributed by atoms with Gasteiger partial charge in [-0.1, -0.05) is 36.0 Å². The summed E-state index contributed by atoms with van der Waals surface area (Å²) >= 11 is 1.39. The molecule has 2 aromatic carbocycles. The molecule has 0 aliphatic carbocycles. The molecular weight excluding hydrogens is 248 g/mol. The monoisotopic (exact) mass is 260 g/mol. The Hall–Kier alpha value is -1.94. The molecule has 0 aromatic heterocycles. The molecule has 0 amide bonds. The van der Waals surface area contributed by atoms with Gasteiger partial charge in [0.1, 0.15) is 5.75 Å². The fourth-order valence-electron chi connectivity index (χ4n) is 1.55. The summed E-state index contributed by atoms with van der Waals surface area (Å²) in [5, 5.41) is 9.13. The number of rotatable bonds is 4. The van der Waals surface area contributed by atoms with Crippen LogP contribution in [0.2, 0.25) is 0 Å². The number of hydrogen-bond acceptors (Lipinski definition) is 3. The highest BCUT2D eigenvalue weighted by atomic mass is 32.2. The Kier molecular flexibility index (Phi) is 3.89. The van der Waals surface area contributed by atoms with Crippen LogP contribution < -0.4 is 4.74 Å². The highest BCUT2D eigenvalue weighted by Gasteiger charge is 2.12. The Bertz CT molecular complexity index is 566. The molecule has 0 bridgehead atoms. The quantitative estimate of drug-likeness (QED) is 0.913. The van der Waals surface area contributed by atoms with Crippen molar-refractivity contribution >= 4 is 17.7 Å². The maximum absolute atomic E-state index is 11.1. The van der Waals surface area contributed by atoms with E-state index < -0.39 is 5.97 Å². The molecule has 3 nitrogen and oxygen atoms in total. The standard InChI is InChI=1S/C14H12O3S/c1-17-11-7-3-5-9-13(11)18-12-8-4-2-6-10(12)14(15)16/h2-9H,1H3,(H,15,16). The van der Waals surface area contributed by atoms with Crippen LogP contribution in [0.15, 0.2) is 58.3 Å². The Morgan fingerprint density at radius 3 is 2.33 bits per heavy atom. The van der Waals surface area contributed by atoms with Crippen molar-refractivity contribution in [2.45, 2.75) is 9.79 Å². The van der Waals surface area contributed by atoms with Gasteiger partial charge >= 0.3 is 5.97 Å². The third-order valence-electron chi connectivity index (χ3n) is 2.41. The van der Waals surface area contributed by atoms with Gasteiger partial charge in [0.15, 0.2) is 0 Å². The summed E-state index contributed by atoms with van der Waals surface area (Å²) in [6.45, 7) is 0. The van der Waals surface area contributed by atoms with E-state index in [9.17, 15) is 4.79 Å². The van der Waals surface area contributed by atoms with E-state index in [0.29, 0.717) is 10.5 Å². The lowest BCUT2D eigenvalue weighted by Crippen LogP contribution is -1.98. The predicted octanol–water partition coefficient (Wildman–Crippen LogP) is 3.54. The van der Waals surface area contributed by atoms with E-state index in [1.165, 1.54) is 11.8 Å². The number of ether oxygens (including phenoxy) is 1. The second kappa shape index (κ2) is 5.60. The first kappa shape index (κ1) is 12.5. The highest BCUT2D eigenvalue weighted by molar-refractivity contribution is 7.99. The minimum atomic E-state index is -0.923. The molecule has 0 aliphatic heterocycles. The van der Waals surface area contributed by atoms with Crippen LogP contribution in [0.5, 0.6) is 5.75 Å². The lowest BCUT2D eigenvalue weighted by molar-refractivity contribution is 0.0693. The van der Waals surface area contributed by atoms with Gasteiger partial charge in [-0.25, -0.2) is 4.79 Å². The molecule has 2 aromatic rings. The SMILES string of the molecule is COc1ccccc1Sc1ccccc1C(=O)O. The molecule has 18 heavy (non-hydrogen) atoms. The predicted molar refractivity (Wildman–Crippen MR) is 70.5 cm³/mol. The molecule has 0 heterocycles. The summed E-state index contributed by atoms with van der Waals surface area (Å²) in [6, 6.07) is 14.5. The average Bonchev–Trinajstić information content (AvgIpc) is 2.40. The van der Waals surface area contributed by atoms with E-state index in [4.69, 9.17) is 9.84 Å². The molecular formula is C14H12O3S. The molecule has 2 rings (SSSR count). The van der Waals surface area contributed by atoms with Crippen molar-refractivity contribution in [2.75, 3.05) is 7.11 Å². The number of carboxylic acids is 1. The van der Waals surface area contributed by atoms with Gasteiger partial charge in [0.05, 0.1) is 17.6 Å². The van der Waals surface area contributed by atoms with E-state index in [-0.39, 0.29) is 0 Å². The molecule has 0 radical (unpaired) electrons. The van der Waals surface area contributed by atoms with Crippen molar-refractivity contribution in [3.8, 4) is 5.75 Å². The van der Waals surface area contributed by atoms with Crippen LogP contribution >= 0.6 is 11.8 Å². The summed E-state index contributed by atoms with van der Waals surface area (Å²) in [5.41, 5.74) is 0.299. The number of para-hydroxylation sites is 1. The molecule has 0 unspecified atom stereocenters. The number of carbonyl (C=O) groups is 1. The second-order valence-corrected chi connectivity index (χ2v) is 4.64. The molecule has 0 saturated heterocycles. The third kappa shape index (κ3) is 2.65. The van der Waals surface area contributed by atoms with Gasteiger partial charge < -0.3 is 9.84 Å². The van der Waals surface area contributed by atoms with Gasteiger partial charge in [0, 0.05) is 4.90 Å². The molecule has 92 valence electrons. The fraction of sp³-hybridized carbons (Fsp3) is 0.0714. The Labute approximate surface area is 109 Å². The Morgan fingerprint density at radius 2 is 1.67 bits per heavy atom. The maximum atomic E-state index is 11.1. The maximum Gasteiger partial charge on any atom is 0.336 e. The lowest BCUT2D eigenvalue weighted by atomic mass is 10.2. The summed E-state index contributed by atoms with van der Waals surface area (Å²) in [7, 11) is 1.60. The minimum Gasteiger partial charge on any atom is -0.496 e. The van der Waals surface area contributed by atoms with Crippen molar-refractivity contribution in [1.82, 2.24) is 0 Å². The molecule has 4 heteroatoms. The zero-order valence-electron chi connectivity index (χ0n) is 9.79.